The van der Waals surface area contributed by atoms with Gasteiger partial charge in [-0.2, -0.15) is 0 Å². The molecule has 0 spiro atoms. The first-order chi connectivity index (χ1) is 10.4. The molecule has 0 radical (unpaired) electrons. The normalized spacial score (nSPS) is 26.0. The van der Waals surface area contributed by atoms with E-state index in [1.807, 2.05) is 0 Å². The molecule has 3 rings (SSSR count). The lowest BCUT2D eigenvalue weighted by Gasteiger charge is -2.33. The molecule has 2 aliphatic rings. The van der Waals surface area contributed by atoms with Crippen LogP contribution in [-0.2, 0) is 0 Å². The van der Waals surface area contributed by atoms with Crippen LogP contribution in [0.15, 0.2) is 30.3 Å². The number of hydrogen-bond acceptors (Lipinski definition) is 3. The molecule has 0 bridgehead atoms. The van der Waals surface area contributed by atoms with Gasteiger partial charge in [0.05, 0.1) is 0 Å². The summed E-state index contributed by atoms with van der Waals surface area (Å²) in [4.78, 5) is 5.40. The van der Waals surface area contributed by atoms with Crippen molar-refractivity contribution in [3.05, 3.63) is 35.9 Å². The molecule has 2 heterocycles. The van der Waals surface area contributed by atoms with Crippen LogP contribution in [0.25, 0.3) is 0 Å². The first-order valence-corrected chi connectivity index (χ1v) is 8.61. The highest BCUT2D eigenvalue weighted by atomic mass is 15.3. The molecule has 2 aliphatic heterocycles. The highest BCUT2D eigenvalue weighted by molar-refractivity contribution is 5.19. The number of hydrogen-bond donors (Lipinski definition) is 1. The summed E-state index contributed by atoms with van der Waals surface area (Å²) in [5, 5.41) is 0. The van der Waals surface area contributed by atoms with E-state index in [-0.39, 0.29) is 0 Å². The zero-order valence-electron chi connectivity index (χ0n) is 13.1. The van der Waals surface area contributed by atoms with Crippen LogP contribution in [0.3, 0.4) is 0 Å². The Kier molecular flexibility index (Phi) is 5.28. The lowest BCUT2D eigenvalue weighted by molar-refractivity contribution is 0.150. The van der Waals surface area contributed by atoms with Gasteiger partial charge in [-0.1, -0.05) is 36.8 Å². The van der Waals surface area contributed by atoms with E-state index in [1.54, 1.807) is 0 Å². The standard InChI is InChI=1S/C18H29N3/c19-11-9-18(16-7-3-1-4-8-16)21-14-10-17(15-21)20-12-5-2-6-13-20/h1,3-4,7-8,17-18H,2,5-6,9-15,19H2. The van der Waals surface area contributed by atoms with Gasteiger partial charge in [0.25, 0.3) is 0 Å². The second-order valence-electron chi connectivity index (χ2n) is 6.54. The van der Waals surface area contributed by atoms with E-state index in [0.717, 1.165) is 19.0 Å². The molecule has 1 aromatic carbocycles. The molecular weight excluding hydrogens is 258 g/mol. The molecule has 2 N–H and O–H groups in total. The van der Waals surface area contributed by atoms with Gasteiger partial charge in [0.15, 0.2) is 0 Å². The number of nitrogens with two attached hydrogens (primary N) is 1. The first kappa shape index (κ1) is 15.0. The first-order valence-electron chi connectivity index (χ1n) is 8.61. The van der Waals surface area contributed by atoms with Crippen LogP contribution >= 0.6 is 0 Å². The molecular formula is C18H29N3. The van der Waals surface area contributed by atoms with Gasteiger partial charge < -0.3 is 5.73 Å². The van der Waals surface area contributed by atoms with Crippen molar-refractivity contribution in [2.24, 2.45) is 5.73 Å². The molecule has 21 heavy (non-hydrogen) atoms. The molecule has 2 saturated heterocycles. The summed E-state index contributed by atoms with van der Waals surface area (Å²) in [6.45, 7) is 5.83. The van der Waals surface area contributed by atoms with Gasteiger partial charge in [0, 0.05) is 25.2 Å². The number of rotatable bonds is 5. The monoisotopic (exact) mass is 287 g/mol. The van der Waals surface area contributed by atoms with Crippen molar-refractivity contribution in [1.82, 2.24) is 9.80 Å². The van der Waals surface area contributed by atoms with Crippen molar-refractivity contribution in [2.45, 2.75) is 44.2 Å². The van der Waals surface area contributed by atoms with Crippen molar-refractivity contribution >= 4 is 0 Å². The number of likely N-dealkylation sites (tertiary alicyclic amines) is 2. The predicted molar refractivity (Wildman–Crippen MR) is 88.3 cm³/mol. The third-order valence-corrected chi connectivity index (χ3v) is 5.17. The smallest absolute Gasteiger partial charge is 0.0360 e. The Labute approximate surface area is 129 Å². The maximum absolute atomic E-state index is 5.87. The molecule has 3 nitrogen and oxygen atoms in total. The van der Waals surface area contributed by atoms with Crippen LogP contribution in [0.2, 0.25) is 0 Å². The van der Waals surface area contributed by atoms with Gasteiger partial charge in [0.2, 0.25) is 0 Å². The Balaban J connectivity index is 1.64. The summed E-state index contributed by atoms with van der Waals surface area (Å²) in [7, 11) is 0. The number of nitrogens with zero attached hydrogens (tertiary/aromatic N) is 2. The molecule has 2 atom stereocenters. The highest BCUT2D eigenvalue weighted by Gasteiger charge is 2.32. The zero-order chi connectivity index (χ0) is 14.5. The van der Waals surface area contributed by atoms with Gasteiger partial charge in [-0.25, -0.2) is 0 Å². The average Bonchev–Trinajstić information content (AvgIpc) is 3.04. The van der Waals surface area contributed by atoms with E-state index in [1.165, 1.54) is 57.4 Å². The maximum Gasteiger partial charge on any atom is 0.0360 e. The fraction of sp³-hybridized carbons (Fsp3) is 0.667. The van der Waals surface area contributed by atoms with Crippen LogP contribution in [0, 0.1) is 0 Å². The van der Waals surface area contributed by atoms with Crippen molar-refractivity contribution in [3.63, 3.8) is 0 Å². The van der Waals surface area contributed by atoms with Crippen LogP contribution in [0.5, 0.6) is 0 Å². The Morgan fingerprint density at radius 1 is 1.05 bits per heavy atom. The lowest BCUT2D eigenvalue weighted by Crippen LogP contribution is -2.41. The Morgan fingerprint density at radius 2 is 1.81 bits per heavy atom. The van der Waals surface area contributed by atoms with Gasteiger partial charge in [-0.15, -0.1) is 0 Å². The van der Waals surface area contributed by atoms with E-state index >= 15 is 0 Å². The average molecular weight is 287 g/mol. The summed E-state index contributed by atoms with van der Waals surface area (Å²) in [6, 6.07) is 12.2. The fourth-order valence-electron chi connectivity index (χ4n) is 4.03. The SMILES string of the molecule is NCCC(c1ccccc1)N1CCC(N2CCCCC2)C1. The Bertz CT molecular complexity index is 414. The second kappa shape index (κ2) is 7.39. The molecule has 0 saturated carbocycles. The van der Waals surface area contributed by atoms with Gasteiger partial charge >= 0.3 is 0 Å². The van der Waals surface area contributed by atoms with E-state index < -0.39 is 0 Å². The van der Waals surface area contributed by atoms with Crippen molar-refractivity contribution in [1.29, 1.82) is 0 Å². The highest BCUT2D eigenvalue weighted by Crippen LogP contribution is 2.30. The number of benzene rings is 1. The summed E-state index contributed by atoms with van der Waals surface area (Å²) >= 11 is 0. The van der Waals surface area contributed by atoms with Gasteiger partial charge in [-0.05, 0) is 50.9 Å². The van der Waals surface area contributed by atoms with Crippen molar-refractivity contribution in [3.8, 4) is 0 Å². The fourth-order valence-corrected chi connectivity index (χ4v) is 4.03. The summed E-state index contributed by atoms with van der Waals surface area (Å²) in [5.74, 6) is 0. The Morgan fingerprint density at radius 3 is 2.52 bits per heavy atom. The quantitative estimate of drug-likeness (QED) is 0.903. The van der Waals surface area contributed by atoms with E-state index in [0.29, 0.717) is 6.04 Å². The van der Waals surface area contributed by atoms with E-state index in [4.69, 9.17) is 5.73 Å². The van der Waals surface area contributed by atoms with Crippen LogP contribution in [0.1, 0.15) is 43.7 Å². The number of piperidine rings is 1. The molecule has 116 valence electrons. The Hall–Kier alpha value is -0.900. The summed E-state index contributed by atoms with van der Waals surface area (Å²) < 4.78 is 0. The molecule has 1 aromatic rings. The van der Waals surface area contributed by atoms with Crippen LogP contribution < -0.4 is 5.73 Å². The molecule has 2 fully saturated rings. The summed E-state index contributed by atoms with van der Waals surface area (Å²) in [6.07, 6.45) is 6.60. The molecule has 0 amide bonds. The molecule has 2 unspecified atom stereocenters. The minimum atomic E-state index is 0.506. The molecule has 0 aromatic heterocycles. The lowest BCUT2D eigenvalue weighted by atomic mass is 10.0. The molecule has 3 heteroatoms. The van der Waals surface area contributed by atoms with Crippen molar-refractivity contribution in [2.75, 3.05) is 32.7 Å². The minimum Gasteiger partial charge on any atom is -0.330 e. The van der Waals surface area contributed by atoms with Gasteiger partial charge in [0.1, 0.15) is 0 Å². The third-order valence-electron chi connectivity index (χ3n) is 5.17. The van der Waals surface area contributed by atoms with E-state index in [9.17, 15) is 0 Å². The van der Waals surface area contributed by atoms with Crippen LogP contribution in [0.4, 0.5) is 0 Å². The minimum absolute atomic E-state index is 0.506. The summed E-state index contributed by atoms with van der Waals surface area (Å²) in [5.41, 5.74) is 7.31. The largest absolute Gasteiger partial charge is 0.330 e. The molecule has 0 aliphatic carbocycles. The van der Waals surface area contributed by atoms with E-state index in [2.05, 4.69) is 40.1 Å². The third kappa shape index (κ3) is 3.65. The second-order valence-corrected chi connectivity index (χ2v) is 6.54. The van der Waals surface area contributed by atoms with Crippen molar-refractivity contribution < 1.29 is 0 Å². The maximum atomic E-state index is 5.87. The predicted octanol–water partition coefficient (Wildman–Crippen LogP) is 2.64. The topological polar surface area (TPSA) is 32.5 Å². The van der Waals surface area contributed by atoms with Crippen LogP contribution in [-0.4, -0.2) is 48.6 Å². The van der Waals surface area contributed by atoms with Gasteiger partial charge in [-0.3, -0.25) is 9.80 Å². The zero-order valence-corrected chi connectivity index (χ0v) is 13.1.